The van der Waals surface area contributed by atoms with Crippen LogP contribution in [0.1, 0.15) is 356 Å². The molecule has 0 heterocycles. The first-order valence-electron chi connectivity index (χ1n) is 36.1. The van der Waals surface area contributed by atoms with E-state index in [2.05, 4.69) is 34.6 Å². The quantitative estimate of drug-likeness (QED) is 0.0222. The normalized spacial score (nSPS) is 14.1. The summed E-state index contributed by atoms with van der Waals surface area (Å²) >= 11 is 0. The van der Waals surface area contributed by atoms with Crippen LogP contribution in [0.25, 0.3) is 0 Å². The highest BCUT2D eigenvalue weighted by Crippen LogP contribution is 2.45. The zero-order valence-corrected chi connectivity index (χ0v) is 58.6. The highest BCUT2D eigenvalue weighted by Gasteiger charge is 2.30. The molecule has 0 fully saturated rings. The molecular formula is C69H134O17P2. The minimum atomic E-state index is -4.95. The van der Waals surface area contributed by atoms with E-state index in [9.17, 15) is 43.2 Å². The first-order chi connectivity index (χ1) is 42.5. The lowest BCUT2D eigenvalue weighted by molar-refractivity contribution is -0.161. The lowest BCUT2D eigenvalue weighted by Crippen LogP contribution is -2.30. The number of aliphatic hydroxyl groups excluding tert-OH is 1. The zero-order valence-electron chi connectivity index (χ0n) is 56.9. The molecule has 0 saturated heterocycles. The van der Waals surface area contributed by atoms with Gasteiger partial charge in [0, 0.05) is 25.7 Å². The maximum atomic E-state index is 13.0. The molecule has 2 unspecified atom stereocenters. The van der Waals surface area contributed by atoms with E-state index in [1.54, 1.807) is 0 Å². The summed E-state index contributed by atoms with van der Waals surface area (Å²) in [7, 11) is -9.89. The van der Waals surface area contributed by atoms with Crippen molar-refractivity contribution in [3.05, 3.63) is 0 Å². The fraction of sp³-hybridized carbons (Fsp3) is 0.942. The van der Waals surface area contributed by atoms with Crippen molar-refractivity contribution in [3.63, 3.8) is 0 Å². The van der Waals surface area contributed by atoms with Crippen LogP contribution >= 0.6 is 15.6 Å². The number of esters is 4. The fourth-order valence-corrected chi connectivity index (χ4v) is 12.0. The molecular weight excluding hydrogens is 1160 g/mol. The van der Waals surface area contributed by atoms with E-state index >= 15 is 0 Å². The van der Waals surface area contributed by atoms with E-state index in [-0.39, 0.29) is 25.7 Å². The van der Waals surface area contributed by atoms with E-state index < -0.39 is 97.5 Å². The van der Waals surface area contributed by atoms with Crippen molar-refractivity contribution in [1.29, 1.82) is 0 Å². The van der Waals surface area contributed by atoms with Gasteiger partial charge in [0.1, 0.15) is 19.3 Å². The molecule has 0 aromatic rings. The average Bonchev–Trinajstić information content (AvgIpc) is 3.54. The van der Waals surface area contributed by atoms with E-state index in [1.807, 2.05) is 0 Å². The Balaban J connectivity index is 5.16. The summed E-state index contributed by atoms with van der Waals surface area (Å²) in [6, 6.07) is 0. The number of aliphatic hydroxyl groups is 1. The largest absolute Gasteiger partial charge is 0.472 e. The van der Waals surface area contributed by atoms with Crippen molar-refractivity contribution in [2.45, 2.75) is 374 Å². The van der Waals surface area contributed by atoms with Crippen LogP contribution in [0.5, 0.6) is 0 Å². The molecule has 0 aliphatic carbocycles. The van der Waals surface area contributed by atoms with Gasteiger partial charge >= 0.3 is 39.5 Å². The second-order valence-corrected chi connectivity index (χ2v) is 28.3. The third-order valence-corrected chi connectivity index (χ3v) is 17.9. The molecule has 0 bridgehead atoms. The Hall–Kier alpha value is -1.94. The second-order valence-electron chi connectivity index (χ2n) is 25.4. The number of unbranched alkanes of at least 4 members (excludes halogenated alkanes) is 41. The molecule has 0 saturated carbocycles. The van der Waals surface area contributed by atoms with E-state index in [4.69, 9.17) is 37.0 Å². The summed E-state index contributed by atoms with van der Waals surface area (Å²) in [5, 5.41) is 10.5. The van der Waals surface area contributed by atoms with Gasteiger partial charge in [-0.05, 0) is 31.6 Å². The van der Waals surface area contributed by atoms with Crippen molar-refractivity contribution < 1.29 is 80.2 Å². The molecule has 0 radical (unpaired) electrons. The van der Waals surface area contributed by atoms with Gasteiger partial charge in [-0.15, -0.1) is 0 Å². The lowest BCUT2D eigenvalue weighted by atomic mass is 10.0. The third kappa shape index (κ3) is 62.8. The van der Waals surface area contributed by atoms with Crippen LogP contribution in [0.15, 0.2) is 0 Å². The fourth-order valence-electron chi connectivity index (χ4n) is 10.5. The number of rotatable bonds is 69. The van der Waals surface area contributed by atoms with Gasteiger partial charge in [0.15, 0.2) is 12.2 Å². The van der Waals surface area contributed by atoms with E-state index in [0.29, 0.717) is 25.7 Å². The molecule has 0 aromatic carbocycles. The molecule has 5 atom stereocenters. The molecule has 0 spiro atoms. The molecule has 0 rings (SSSR count). The smallest absolute Gasteiger partial charge is 0.462 e. The van der Waals surface area contributed by atoms with Crippen LogP contribution < -0.4 is 0 Å². The lowest BCUT2D eigenvalue weighted by Gasteiger charge is -2.21. The first-order valence-corrected chi connectivity index (χ1v) is 39.1. The Kier molecular flexibility index (Phi) is 61.1. The molecule has 0 aliphatic heterocycles. The average molecular weight is 1300 g/mol. The van der Waals surface area contributed by atoms with Crippen molar-refractivity contribution in [2.24, 2.45) is 5.92 Å². The summed E-state index contributed by atoms with van der Waals surface area (Å²) in [6.07, 6.45) is 48.9. The molecule has 3 N–H and O–H groups in total. The number of hydrogen-bond donors (Lipinski definition) is 3. The summed E-state index contributed by atoms with van der Waals surface area (Å²) in [5.41, 5.74) is 0. The standard InChI is InChI=1S/C69H134O17P2/c1-6-9-12-15-17-19-21-22-23-24-27-31-34-38-43-48-53-67(72)80-59-65(86-69(74)55-50-45-40-36-32-28-25-26-30-33-37-42-46-51-62(4)5)61-84-88(77,78)82-57-63(70)56-81-87(75,76)83-60-64(58-79-66(71)52-47-41-14-11-8-3)85-68(73)54-49-44-39-35-29-20-18-16-13-10-7-2/h62-65,70H,6-61H2,1-5H3,(H,75,76)(H,77,78)/t63-,64+,65+/m0/s1. The highest BCUT2D eigenvalue weighted by molar-refractivity contribution is 7.47. The van der Waals surface area contributed by atoms with Gasteiger partial charge in [0.05, 0.1) is 26.4 Å². The summed E-state index contributed by atoms with van der Waals surface area (Å²) in [5.74, 6) is -1.35. The molecule has 0 aromatic heterocycles. The van der Waals surface area contributed by atoms with Crippen LogP contribution in [-0.4, -0.2) is 96.7 Å². The zero-order chi connectivity index (χ0) is 64.9. The molecule has 522 valence electrons. The van der Waals surface area contributed by atoms with Crippen LogP contribution in [0.4, 0.5) is 0 Å². The van der Waals surface area contributed by atoms with Crippen LogP contribution in [0.3, 0.4) is 0 Å². The van der Waals surface area contributed by atoms with Crippen LogP contribution in [0.2, 0.25) is 0 Å². The topological polar surface area (TPSA) is 237 Å². The molecule has 88 heavy (non-hydrogen) atoms. The minimum absolute atomic E-state index is 0.106. The minimum Gasteiger partial charge on any atom is -0.462 e. The van der Waals surface area contributed by atoms with Gasteiger partial charge in [-0.1, -0.05) is 304 Å². The van der Waals surface area contributed by atoms with Gasteiger partial charge in [0.25, 0.3) is 0 Å². The maximum Gasteiger partial charge on any atom is 0.472 e. The SMILES string of the molecule is CCCCCCCCCCCCCCCCCCC(=O)OC[C@H](COP(=O)(O)OC[C@@H](O)COP(=O)(O)OC[C@@H](COC(=O)CCCCCCC)OC(=O)CCCCCCCCCCCCC)OC(=O)CCCCCCCCCCCCCCCC(C)C. The predicted octanol–water partition coefficient (Wildman–Crippen LogP) is 19.7. The Morgan fingerprint density at radius 2 is 0.523 bits per heavy atom. The molecule has 0 amide bonds. The van der Waals surface area contributed by atoms with Crippen molar-refractivity contribution >= 4 is 39.5 Å². The number of ether oxygens (including phenoxy) is 4. The van der Waals surface area contributed by atoms with Gasteiger partial charge < -0.3 is 33.8 Å². The third-order valence-electron chi connectivity index (χ3n) is 16.0. The highest BCUT2D eigenvalue weighted by atomic mass is 31.2. The van der Waals surface area contributed by atoms with Crippen molar-refractivity contribution in [1.82, 2.24) is 0 Å². The van der Waals surface area contributed by atoms with Crippen LogP contribution in [-0.2, 0) is 65.4 Å². The Labute approximate surface area is 537 Å². The van der Waals surface area contributed by atoms with Gasteiger partial charge in [-0.2, -0.15) is 0 Å². The Bertz CT molecular complexity index is 1700. The van der Waals surface area contributed by atoms with Gasteiger partial charge in [-0.3, -0.25) is 37.3 Å². The molecule has 17 nitrogen and oxygen atoms in total. The summed E-state index contributed by atoms with van der Waals surface area (Å²) in [4.78, 5) is 72.2. The van der Waals surface area contributed by atoms with Crippen molar-refractivity contribution in [3.8, 4) is 0 Å². The van der Waals surface area contributed by atoms with Gasteiger partial charge in [-0.25, -0.2) is 9.13 Å². The summed E-state index contributed by atoms with van der Waals surface area (Å²) < 4.78 is 68.0. The maximum absolute atomic E-state index is 13.0. The number of phosphoric ester groups is 2. The van der Waals surface area contributed by atoms with Crippen LogP contribution in [0, 0.1) is 5.92 Å². The number of carbonyl (C=O) groups excluding carboxylic acids is 4. The number of carbonyl (C=O) groups is 4. The number of phosphoric acid groups is 2. The predicted molar refractivity (Wildman–Crippen MR) is 354 cm³/mol. The molecule has 19 heteroatoms. The monoisotopic (exact) mass is 1300 g/mol. The van der Waals surface area contributed by atoms with Gasteiger partial charge in [0.2, 0.25) is 0 Å². The Morgan fingerprint density at radius 3 is 0.773 bits per heavy atom. The first kappa shape index (κ1) is 86.1. The Morgan fingerprint density at radius 1 is 0.307 bits per heavy atom. The van der Waals surface area contributed by atoms with E-state index in [1.165, 1.54) is 173 Å². The second kappa shape index (κ2) is 62.5. The summed E-state index contributed by atoms with van der Waals surface area (Å²) in [6.45, 7) is 7.17. The molecule has 0 aliphatic rings. The number of hydrogen-bond acceptors (Lipinski definition) is 15. The van der Waals surface area contributed by atoms with E-state index in [0.717, 1.165) is 102 Å². The van der Waals surface area contributed by atoms with Crippen molar-refractivity contribution in [2.75, 3.05) is 39.6 Å².